The molecule has 0 amide bonds. The Bertz CT molecular complexity index is 862. The number of carbonyl (C=O) groups excluding carboxylic acids is 2. The number of carbonyl (C=O) groups is 2. The van der Waals surface area contributed by atoms with Crippen LogP contribution < -0.4 is 0 Å². The van der Waals surface area contributed by atoms with E-state index >= 15 is 0 Å². The van der Waals surface area contributed by atoms with Gasteiger partial charge in [-0.2, -0.15) is 0 Å². The number of rotatable bonds is 14. The van der Waals surface area contributed by atoms with E-state index in [1.165, 1.54) is 63.5 Å². The molecule has 5 saturated carbocycles. The van der Waals surface area contributed by atoms with Gasteiger partial charge in [0.15, 0.2) is 0 Å². The number of hydrogen-bond acceptors (Lipinski definition) is 6. The maximum absolute atomic E-state index is 11.4. The summed E-state index contributed by atoms with van der Waals surface area (Å²) in [5.74, 6) is 6.71. The van der Waals surface area contributed by atoms with Gasteiger partial charge >= 0.3 is 11.9 Å². The third-order valence-corrected chi connectivity index (χ3v) is 11.2. The minimum Gasteiger partial charge on any atom is -0.462 e. The average Bonchev–Trinajstić information content (AvgIpc) is 3.68. The topological polar surface area (TPSA) is 71.1 Å². The van der Waals surface area contributed by atoms with Crippen LogP contribution in [0.3, 0.4) is 0 Å². The van der Waals surface area contributed by atoms with E-state index in [1.54, 1.807) is 0 Å². The van der Waals surface area contributed by atoms with Gasteiger partial charge in [0, 0.05) is 38.6 Å². The average molecular weight is 557 g/mol. The van der Waals surface area contributed by atoms with Gasteiger partial charge in [0.25, 0.3) is 0 Å². The van der Waals surface area contributed by atoms with Gasteiger partial charge in [-0.25, -0.2) is 9.59 Å². The summed E-state index contributed by atoms with van der Waals surface area (Å²) >= 11 is 0. The quantitative estimate of drug-likeness (QED) is 0.182. The summed E-state index contributed by atoms with van der Waals surface area (Å²) in [5.41, 5.74) is 0. The lowest BCUT2D eigenvalue weighted by molar-refractivity contribution is -0.140. The van der Waals surface area contributed by atoms with Crippen LogP contribution in [0.2, 0.25) is 0 Å². The van der Waals surface area contributed by atoms with Crippen molar-refractivity contribution in [3.8, 4) is 0 Å². The van der Waals surface area contributed by atoms with Gasteiger partial charge in [-0.15, -0.1) is 0 Å². The lowest BCUT2D eigenvalue weighted by Gasteiger charge is -2.32. The first kappa shape index (κ1) is 29.8. The molecule has 2 bridgehead atoms. The number of esters is 2. The zero-order valence-corrected chi connectivity index (χ0v) is 24.5. The zero-order valence-electron chi connectivity index (χ0n) is 24.5. The van der Waals surface area contributed by atoms with E-state index in [0.717, 1.165) is 87.6 Å². The molecule has 5 aliphatic carbocycles. The smallest absolute Gasteiger partial charge is 0.330 e. The number of ether oxygens (including phenoxy) is 4. The third kappa shape index (κ3) is 7.79. The second kappa shape index (κ2) is 14.5. The van der Waals surface area contributed by atoms with Crippen molar-refractivity contribution in [3.05, 3.63) is 25.3 Å². The Morgan fingerprint density at radius 3 is 1.80 bits per heavy atom. The van der Waals surface area contributed by atoms with Crippen molar-refractivity contribution in [1.29, 1.82) is 0 Å². The standard InChI is InChI=1S/C34H52O6/c1-3-33(35)39-20-24-10-8-23(9-11-24)17-38-22-29-15-28-16-31(29)32-14-27(13-30(28)32)19-37-18-25-6-5-7-26(12-25)21-40-34(36)4-2/h3-4,23-32H,1-2,5-22H2. The Kier molecular flexibility index (Phi) is 10.8. The molecular weight excluding hydrogens is 504 g/mol. The van der Waals surface area contributed by atoms with Crippen molar-refractivity contribution in [3.63, 3.8) is 0 Å². The highest BCUT2D eigenvalue weighted by Crippen LogP contribution is 2.62. The molecule has 0 radical (unpaired) electrons. The largest absolute Gasteiger partial charge is 0.462 e. The van der Waals surface area contributed by atoms with Crippen LogP contribution in [-0.2, 0) is 28.5 Å². The SMILES string of the molecule is C=CC(=O)OCC1CCC(COCC2CC3CC2C2CC(COCC4CCCC(COC(=O)C=C)C4)CC32)CC1. The minimum absolute atomic E-state index is 0.306. The molecule has 0 aliphatic heterocycles. The molecule has 0 N–H and O–H groups in total. The molecule has 0 aromatic carbocycles. The second-order valence-electron chi connectivity index (χ2n) is 13.8. The molecule has 8 unspecified atom stereocenters. The van der Waals surface area contributed by atoms with E-state index in [2.05, 4.69) is 13.2 Å². The number of hydrogen-bond donors (Lipinski definition) is 0. The lowest BCUT2D eigenvalue weighted by atomic mass is 9.76. The molecule has 0 aromatic rings. The van der Waals surface area contributed by atoms with Gasteiger partial charge < -0.3 is 18.9 Å². The van der Waals surface area contributed by atoms with Crippen molar-refractivity contribution in [2.45, 2.75) is 77.0 Å². The molecule has 224 valence electrons. The van der Waals surface area contributed by atoms with Crippen LogP contribution in [0.15, 0.2) is 25.3 Å². The predicted octanol–water partition coefficient (Wildman–Crippen LogP) is 6.39. The van der Waals surface area contributed by atoms with Gasteiger partial charge in [-0.05, 0) is 130 Å². The van der Waals surface area contributed by atoms with E-state index in [-0.39, 0.29) is 11.9 Å². The highest BCUT2D eigenvalue weighted by atomic mass is 16.5. The van der Waals surface area contributed by atoms with Crippen molar-refractivity contribution in [2.75, 3.05) is 39.6 Å². The molecule has 5 rings (SSSR count). The normalized spacial score (nSPS) is 38.5. The summed E-state index contributed by atoms with van der Waals surface area (Å²) in [4.78, 5) is 22.7. The summed E-state index contributed by atoms with van der Waals surface area (Å²) < 4.78 is 23.2. The van der Waals surface area contributed by atoms with E-state index in [9.17, 15) is 9.59 Å². The van der Waals surface area contributed by atoms with Gasteiger partial charge in [-0.1, -0.05) is 19.6 Å². The van der Waals surface area contributed by atoms with Gasteiger partial charge in [0.05, 0.1) is 13.2 Å². The molecule has 0 saturated heterocycles. The maximum Gasteiger partial charge on any atom is 0.330 e. The van der Waals surface area contributed by atoms with Crippen LogP contribution in [-0.4, -0.2) is 51.6 Å². The summed E-state index contributed by atoms with van der Waals surface area (Å²) in [7, 11) is 0. The zero-order chi connectivity index (χ0) is 27.9. The Balaban J connectivity index is 0.948. The van der Waals surface area contributed by atoms with Crippen LogP contribution in [0.25, 0.3) is 0 Å². The minimum atomic E-state index is -0.308. The first-order chi connectivity index (χ1) is 19.5. The first-order valence-electron chi connectivity index (χ1n) is 16.3. The van der Waals surface area contributed by atoms with E-state index in [0.29, 0.717) is 36.9 Å². The van der Waals surface area contributed by atoms with Crippen molar-refractivity contribution < 1.29 is 28.5 Å². The molecule has 6 nitrogen and oxygen atoms in total. The van der Waals surface area contributed by atoms with E-state index in [4.69, 9.17) is 18.9 Å². The first-order valence-corrected chi connectivity index (χ1v) is 16.3. The molecule has 6 heteroatoms. The molecular formula is C34H52O6. The fraction of sp³-hybridized carbons (Fsp3) is 0.824. The van der Waals surface area contributed by atoms with Crippen molar-refractivity contribution in [2.24, 2.45) is 59.2 Å². The molecule has 40 heavy (non-hydrogen) atoms. The van der Waals surface area contributed by atoms with Gasteiger partial charge in [-0.3, -0.25) is 0 Å². The molecule has 0 aromatic heterocycles. The Morgan fingerprint density at radius 1 is 0.550 bits per heavy atom. The van der Waals surface area contributed by atoms with Gasteiger partial charge in [0.1, 0.15) is 0 Å². The molecule has 5 aliphatic rings. The monoisotopic (exact) mass is 556 g/mol. The highest BCUT2D eigenvalue weighted by molar-refractivity contribution is 5.81. The molecule has 8 atom stereocenters. The van der Waals surface area contributed by atoms with Crippen LogP contribution in [0.4, 0.5) is 0 Å². The summed E-state index contributed by atoms with van der Waals surface area (Å²) in [6.45, 7) is 11.7. The Morgan fingerprint density at radius 2 is 1.10 bits per heavy atom. The van der Waals surface area contributed by atoms with Crippen LogP contribution >= 0.6 is 0 Å². The summed E-state index contributed by atoms with van der Waals surface area (Å²) in [6, 6.07) is 0. The highest BCUT2D eigenvalue weighted by Gasteiger charge is 2.55. The second-order valence-corrected chi connectivity index (χ2v) is 13.8. The summed E-state index contributed by atoms with van der Waals surface area (Å²) in [6.07, 6.45) is 17.4. The van der Waals surface area contributed by atoms with Crippen molar-refractivity contribution in [1.82, 2.24) is 0 Å². The van der Waals surface area contributed by atoms with Crippen LogP contribution in [0.5, 0.6) is 0 Å². The predicted molar refractivity (Wildman–Crippen MR) is 154 cm³/mol. The Hall–Kier alpha value is -1.66. The summed E-state index contributed by atoms with van der Waals surface area (Å²) in [5, 5.41) is 0. The maximum atomic E-state index is 11.4. The fourth-order valence-corrected chi connectivity index (χ4v) is 9.23. The Labute approximate surface area is 241 Å². The fourth-order valence-electron chi connectivity index (χ4n) is 9.23. The third-order valence-electron chi connectivity index (χ3n) is 11.2. The van der Waals surface area contributed by atoms with E-state index in [1.807, 2.05) is 0 Å². The lowest BCUT2D eigenvalue weighted by Crippen LogP contribution is -2.28. The van der Waals surface area contributed by atoms with Crippen LogP contribution in [0.1, 0.15) is 77.0 Å². The molecule has 0 spiro atoms. The van der Waals surface area contributed by atoms with Gasteiger partial charge in [0.2, 0.25) is 0 Å². The molecule has 5 fully saturated rings. The molecule has 0 heterocycles. The van der Waals surface area contributed by atoms with Crippen molar-refractivity contribution >= 4 is 11.9 Å². The van der Waals surface area contributed by atoms with E-state index < -0.39 is 0 Å². The van der Waals surface area contributed by atoms with Crippen LogP contribution in [0, 0.1) is 59.2 Å². The number of fused-ring (bicyclic) bond motifs is 5.